The molecular weight excluding hydrogens is 442 g/mol. The summed E-state index contributed by atoms with van der Waals surface area (Å²) in [5.41, 5.74) is 2.84. The molecule has 3 aromatic rings. The van der Waals surface area contributed by atoms with E-state index in [1.165, 1.54) is 0 Å². The lowest BCUT2D eigenvalue weighted by Crippen LogP contribution is -2.28. The minimum Gasteiger partial charge on any atom is -0.350 e. The molecule has 1 aliphatic heterocycles. The van der Waals surface area contributed by atoms with Gasteiger partial charge in [0.25, 0.3) is 11.1 Å². The smallest absolute Gasteiger partial charge is 0.294 e. The SMILES string of the molecule is C#CCN1C(=O)S/C(=C\c2cn(CC(=O)NCc3cccs3)c3c(CC)cccc23)C1=O. The number of nitrogens with one attached hydrogen (secondary N) is 1. The van der Waals surface area contributed by atoms with E-state index in [1.807, 2.05) is 46.5 Å². The van der Waals surface area contributed by atoms with Gasteiger partial charge in [-0.2, -0.15) is 0 Å². The highest BCUT2D eigenvalue weighted by atomic mass is 32.2. The van der Waals surface area contributed by atoms with Gasteiger partial charge in [-0.1, -0.05) is 37.1 Å². The Kier molecular flexibility index (Phi) is 6.49. The molecule has 8 heteroatoms. The highest BCUT2D eigenvalue weighted by Crippen LogP contribution is 2.34. The second-order valence-corrected chi connectivity index (χ2v) is 9.23. The third kappa shape index (κ3) is 4.35. The van der Waals surface area contributed by atoms with E-state index in [-0.39, 0.29) is 30.1 Å². The van der Waals surface area contributed by atoms with Crippen LogP contribution in [-0.2, 0) is 29.1 Å². The summed E-state index contributed by atoms with van der Waals surface area (Å²) < 4.78 is 1.91. The zero-order chi connectivity index (χ0) is 22.7. The summed E-state index contributed by atoms with van der Waals surface area (Å²) in [7, 11) is 0. The fourth-order valence-electron chi connectivity index (χ4n) is 3.67. The van der Waals surface area contributed by atoms with Crippen molar-refractivity contribution in [3.8, 4) is 12.3 Å². The molecule has 2 aromatic heterocycles. The first-order valence-electron chi connectivity index (χ1n) is 10.1. The lowest BCUT2D eigenvalue weighted by molar-refractivity contribution is -0.122. The van der Waals surface area contributed by atoms with Crippen molar-refractivity contribution in [2.24, 2.45) is 0 Å². The van der Waals surface area contributed by atoms with E-state index in [9.17, 15) is 14.4 Å². The third-order valence-electron chi connectivity index (χ3n) is 5.16. The molecular formula is C24H21N3O3S2. The molecule has 0 radical (unpaired) electrons. The van der Waals surface area contributed by atoms with Gasteiger partial charge in [0.1, 0.15) is 6.54 Å². The summed E-state index contributed by atoms with van der Waals surface area (Å²) in [4.78, 5) is 39.9. The van der Waals surface area contributed by atoms with Crippen molar-refractivity contribution in [1.82, 2.24) is 14.8 Å². The zero-order valence-corrected chi connectivity index (χ0v) is 19.1. The lowest BCUT2D eigenvalue weighted by Gasteiger charge is -2.09. The molecule has 4 rings (SSSR count). The summed E-state index contributed by atoms with van der Waals surface area (Å²) >= 11 is 2.48. The van der Waals surface area contributed by atoms with Gasteiger partial charge in [0.2, 0.25) is 5.91 Å². The van der Waals surface area contributed by atoms with Gasteiger partial charge in [0.15, 0.2) is 0 Å². The molecule has 0 saturated carbocycles. The molecule has 1 aliphatic rings. The number of nitrogens with zero attached hydrogens (tertiary/aromatic N) is 2. The number of thioether (sulfide) groups is 1. The molecule has 0 spiro atoms. The van der Waals surface area contributed by atoms with Crippen molar-refractivity contribution in [2.75, 3.05) is 6.54 Å². The third-order valence-corrected chi connectivity index (χ3v) is 6.94. The van der Waals surface area contributed by atoms with Crippen LogP contribution in [0.25, 0.3) is 17.0 Å². The van der Waals surface area contributed by atoms with Crippen LogP contribution < -0.4 is 5.32 Å². The predicted molar refractivity (Wildman–Crippen MR) is 129 cm³/mol. The Bertz CT molecular complexity index is 1270. The Balaban J connectivity index is 1.66. The summed E-state index contributed by atoms with van der Waals surface area (Å²) in [6.45, 7) is 2.67. The quantitative estimate of drug-likeness (QED) is 0.420. The molecule has 3 amide bonds. The number of carbonyl (C=O) groups excluding carboxylic acids is 3. The first-order valence-corrected chi connectivity index (χ1v) is 11.8. The van der Waals surface area contributed by atoms with Gasteiger partial charge < -0.3 is 9.88 Å². The van der Waals surface area contributed by atoms with Gasteiger partial charge in [0, 0.05) is 22.0 Å². The predicted octanol–water partition coefficient (Wildman–Crippen LogP) is 4.25. The number of fused-ring (bicyclic) bond motifs is 1. The standard InChI is InChI=1S/C24H21N3O3S2/c1-3-10-27-23(29)20(32-24(27)30)12-17-14-26(22-16(4-2)7-5-9-19(17)22)15-21(28)25-13-18-8-6-11-31-18/h1,5-9,11-12,14H,4,10,13,15H2,2H3,(H,25,28)/b20-12-. The van der Waals surface area contributed by atoms with Gasteiger partial charge in [-0.15, -0.1) is 17.8 Å². The van der Waals surface area contributed by atoms with E-state index in [4.69, 9.17) is 6.42 Å². The van der Waals surface area contributed by atoms with E-state index in [1.54, 1.807) is 17.4 Å². The number of aryl methyl sites for hydroxylation is 1. The van der Waals surface area contributed by atoms with Crippen LogP contribution in [0.3, 0.4) is 0 Å². The number of thiophene rings is 1. The second-order valence-electron chi connectivity index (χ2n) is 7.21. The maximum absolute atomic E-state index is 12.6. The van der Waals surface area contributed by atoms with Crippen LogP contribution in [0.4, 0.5) is 4.79 Å². The summed E-state index contributed by atoms with van der Waals surface area (Å²) in [5.74, 6) is 1.86. The number of imide groups is 1. The fourth-order valence-corrected chi connectivity index (χ4v) is 5.14. The van der Waals surface area contributed by atoms with Gasteiger partial charge in [-0.05, 0) is 41.3 Å². The van der Waals surface area contributed by atoms with Crippen molar-refractivity contribution in [3.05, 3.63) is 62.8 Å². The van der Waals surface area contributed by atoms with Gasteiger partial charge in [-0.25, -0.2) is 0 Å². The van der Waals surface area contributed by atoms with Crippen molar-refractivity contribution in [1.29, 1.82) is 0 Å². The minimum atomic E-state index is -0.390. The number of amides is 3. The summed E-state index contributed by atoms with van der Waals surface area (Å²) in [6, 6.07) is 9.90. The molecule has 0 aliphatic carbocycles. The van der Waals surface area contributed by atoms with Gasteiger partial charge in [-0.3, -0.25) is 19.3 Å². The minimum absolute atomic E-state index is 0.0475. The summed E-state index contributed by atoms with van der Waals surface area (Å²) in [6.07, 6.45) is 9.66. The Labute approximate surface area is 194 Å². The topological polar surface area (TPSA) is 71.4 Å². The zero-order valence-electron chi connectivity index (χ0n) is 17.5. The Morgan fingerprint density at radius 2 is 2.09 bits per heavy atom. The first-order chi connectivity index (χ1) is 15.5. The van der Waals surface area contributed by atoms with E-state index in [2.05, 4.69) is 18.2 Å². The van der Waals surface area contributed by atoms with E-state index in [0.29, 0.717) is 11.4 Å². The van der Waals surface area contributed by atoms with Crippen molar-refractivity contribution in [3.63, 3.8) is 0 Å². The van der Waals surface area contributed by atoms with Crippen LogP contribution in [0.2, 0.25) is 0 Å². The van der Waals surface area contributed by atoms with Crippen LogP contribution in [0.1, 0.15) is 22.9 Å². The number of aromatic nitrogens is 1. The maximum atomic E-state index is 12.6. The molecule has 0 unspecified atom stereocenters. The highest BCUT2D eigenvalue weighted by Gasteiger charge is 2.34. The van der Waals surface area contributed by atoms with Crippen LogP contribution in [0.5, 0.6) is 0 Å². The molecule has 0 bridgehead atoms. The molecule has 162 valence electrons. The molecule has 1 fully saturated rings. The largest absolute Gasteiger partial charge is 0.350 e. The number of benzene rings is 1. The number of hydrogen-bond acceptors (Lipinski definition) is 5. The van der Waals surface area contributed by atoms with Crippen molar-refractivity contribution < 1.29 is 14.4 Å². The average Bonchev–Trinajstić information content (AvgIpc) is 3.49. The van der Waals surface area contributed by atoms with Crippen LogP contribution in [-0.4, -0.2) is 33.1 Å². The second kappa shape index (κ2) is 9.47. The average molecular weight is 464 g/mol. The highest BCUT2D eigenvalue weighted by molar-refractivity contribution is 8.18. The summed E-state index contributed by atoms with van der Waals surface area (Å²) in [5, 5.41) is 5.50. The Morgan fingerprint density at radius 3 is 2.81 bits per heavy atom. The lowest BCUT2D eigenvalue weighted by atomic mass is 10.1. The van der Waals surface area contributed by atoms with Crippen LogP contribution in [0.15, 0.2) is 46.8 Å². The molecule has 1 aromatic carbocycles. The van der Waals surface area contributed by atoms with Crippen molar-refractivity contribution in [2.45, 2.75) is 26.4 Å². The molecule has 32 heavy (non-hydrogen) atoms. The van der Waals surface area contributed by atoms with Crippen LogP contribution in [0, 0.1) is 12.3 Å². The molecule has 3 heterocycles. The number of hydrogen-bond donors (Lipinski definition) is 1. The number of carbonyl (C=O) groups is 3. The first kappa shape index (κ1) is 21.9. The maximum Gasteiger partial charge on any atom is 0.294 e. The van der Waals surface area contributed by atoms with Gasteiger partial charge >= 0.3 is 0 Å². The number of para-hydroxylation sites is 1. The van der Waals surface area contributed by atoms with E-state index in [0.717, 1.165) is 50.0 Å². The molecule has 0 atom stereocenters. The van der Waals surface area contributed by atoms with Gasteiger partial charge in [0.05, 0.1) is 23.5 Å². The number of terminal acetylenes is 1. The molecule has 1 N–H and O–H groups in total. The molecule has 6 nitrogen and oxygen atoms in total. The molecule has 1 saturated heterocycles. The van der Waals surface area contributed by atoms with Crippen LogP contribution >= 0.6 is 23.1 Å². The Morgan fingerprint density at radius 1 is 1.25 bits per heavy atom. The van der Waals surface area contributed by atoms with Crippen molar-refractivity contribution >= 4 is 57.1 Å². The fraction of sp³-hybridized carbons (Fsp3) is 0.208. The monoisotopic (exact) mass is 463 g/mol. The number of rotatable bonds is 7. The Hall–Kier alpha value is -3.28. The normalized spacial score (nSPS) is 15.0. The van der Waals surface area contributed by atoms with E-state index >= 15 is 0 Å². The van der Waals surface area contributed by atoms with E-state index < -0.39 is 0 Å².